The van der Waals surface area contributed by atoms with Crippen LogP contribution in [0, 0.1) is 0 Å². The second-order valence-electron chi connectivity index (χ2n) is 4.74. The van der Waals surface area contributed by atoms with E-state index in [9.17, 15) is 9.90 Å². The predicted octanol–water partition coefficient (Wildman–Crippen LogP) is 0.521. The third kappa shape index (κ3) is 1.80. The van der Waals surface area contributed by atoms with Crippen LogP contribution in [0.5, 0.6) is 0 Å². The molecule has 0 spiro atoms. The second-order valence-corrected chi connectivity index (χ2v) is 4.74. The zero-order valence-corrected chi connectivity index (χ0v) is 10.5. The highest BCUT2D eigenvalue weighted by Crippen LogP contribution is 2.33. The van der Waals surface area contributed by atoms with Gasteiger partial charge in [0.05, 0.1) is 11.4 Å². The smallest absolute Gasteiger partial charge is 0.258 e. The number of carbonyl (C=O) groups is 1. The van der Waals surface area contributed by atoms with Crippen molar-refractivity contribution < 1.29 is 9.90 Å². The first-order valence-electron chi connectivity index (χ1n) is 6.05. The Morgan fingerprint density at radius 2 is 2.26 bits per heavy atom. The van der Waals surface area contributed by atoms with Crippen LogP contribution in [-0.2, 0) is 10.4 Å². The van der Waals surface area contributed by atoms with Crippen molar-refractivity contribution in [2.24, 2.45) is 0 Å². The predicted molar refractivity (Wildman–Crippen MR) is 68.0 cm³/mol. The highest BCUT2D eigenvalue weighted by atomic mass is 16.3. The average Bonchev–Trinajstić information content (AvgIpc) is 3.05. The SMILES string of the molecule is CN1CCC(O)(c2ccnc(-c3ccn[nH]3)c2)C1=O. The molecule has 0 bridgehead atoms. The summed E-state index contributed by atoms with van der Waals surface area (Å²) < 4.78 is 0. The van der Waals surface area contributed by atoms with Crippen molar-refractivity contribution in [2.75, 3.05) is 13.6 Å². The van der Waals surface area contributed by atoms with Crippen molar-refractivity contribution in [3.63, 3.8) is 0 Å². The molecule has 2 N–H and O–H groups in total. The minimum Gasteiger partial charge on any atom is -0.375 e. The first-order chi connectivity index (χ1) is 9.11. The lowest BCUT2D eigenvalue weighted by Crippen LogP contribution is -2.36. The molecule has 3 heterocycles. The maximum absolute atomic E-state index is 12.1. The number of aromatic amines is 1. The number of rotatable bonds is 2. The molecule has 1 aliphatic heterocycles. The van der Waals surface area contributed by atoms with E-state index in [1.807, 2.05) is 0 Å². The van der Waals surface area contributed by atoms with E-state index in [4.69, 9.17) is 0 Å². The van der Waals surface area contributed by atoms with Crippen molar-refractivity contribution in [1.82, 2.24) is 20.1 Å². The van der Waals surface area contributed by atoms with Crippen LogP contribution in [-0.4, -0.2) is 44.7 Å². The summed E-state index contributed by atoms with van der Waals surface area (Å²) in [5, 5.41) is 17.3. The summed E-state index contributed by atoms with van der Waals surface area (Å²) in [6.07, 6.45) is 3.62. The lowest BCUT2D eigenvalue weighted by atomic mass is 9.92. The topological polar surface area (TPSA) is 82.1 Å². The number of likely N-dealkylation sites (N-methyl/N-ethyl adjacent to an activating group) is 1. The number of H-pyrrole nitrogens is 1. The molecule has 1 aliphatic rings. The number of likely N-dealkylation sites (tertiary alicyclic amines) is 1. The number of hydrogen-bond donors (Lipinski definition) is 2. The highest BCUT2D eigenvalue weighted by molar-refractivity contribution is 5.88. The highest BCUT2D eigenvalue weighted by Gasteiger charge is 2.45. The summed E-state index contributed by atoms with van der Waals surface area (Å²) in [4.78, 5) is 17.8. The monoisotopic (exact) mass is 258 g/mol. The molecule has 6 heteroatoms. The molecule has 19 heavy (non-hydrogen) atoms. The second kappa shape index (κ2) is 4.17. The van der Waals surface area contributed by atoms with Crippen molar-refractivity contribution in [3.8, 4) is 11.4 Å². The van der Waals surface area contributed by atoms with Gasteiger partial charge in [-0.1, -0.05) is 0 Å². The molecular formula is C13H14N4O2. The fourth-order valence-electron chi connectivity index (χ4n) is 2.36. The largest absolute Gasteiger partial charge is 0.375 e. The zero-order chi connectivity index (χ0) is 13.5. The van der Waals surface area contributed by atoms with Crippen LogP contribution in [0.15, 0.2) is 30.6 Å². The first kappa shape index (κ1) is 11.9. The number of hydrogen-bond acceptors (Lipinski definition) is 4. The molecule has 2 aromatic heterocycles. The Kier molecular flexibility index (Phi) is 2.60. The molecule has 1 fully saturated rings. The molecule has 0 aromatic carbocycles. The zero-order valence-electron chi connectivity index (χ0n) is 10.5. The van der Waals surface area contributed by atoms with Gasteiger partial charge in [-0.05, 0) is 23.8 Å². The van der Waals surface area contributed by atoms with Crippen LogP contribution in [0.2, 0.25) is 0 Å². The van der Waals surface area contributed by atoms with Gasteiger partial charge < -0.3 is 10.0 Å². The number of nitrogens with one attached hydrogen (secondary N) is 1. The minimum atomic E-state index is -1.44. The summed E-state index contributed by atoms with van der Waals surface area (Å²) in [6, 6.07) is 5.19. The van der Waals surface area contributed by atoms with E-state index in [2.05, 4.69) is 15.2 Å². The van der Waals surface area contributed by atoms with Gasteiger partial charge in [-0.2, -0.15) is 5.10 Å². The number of amides is 1. The lowest BCUT2D eigenvalue weighted by Gasteiger charge is -2.21. The van der Waals surface area contributed by atoms with E-state index in [1.54, 1.807) is 37.6 Å². The Balaban J connectivity index is 2.03. The van der Waals surface area contributed by atoms with Crippen molar-refractivity contribution in [3.05, 3.63) is 36.2 Å². The summed E-state index contributed by atoms with van der Waals surface area (Å²) in [5.41, 5.74) is 0.545. The molecular weight excluding hydrogens is 244 g/mol. The van der Waals surface area contributed by atoms with Crippen LogP contribution >= 0.6 is 0 Å². The van der Waals surface area contributed by atoms with Crippen LogP contribution in [0.1, 0.15) is 12.0 Å². The molecule has 0 radical (unpaired) electrons. The standard InChI is InChI=1S/C13H14N4O2/c1-17-7-4-13(19,12(17)18)9-2-5-14-11(8-9)10-3-6-15-16-10/h2-3,5-6,8,19H,4,7H2,1H3,(H,15,16). The van der Waals surface area contributed by atoms with Gasteiger partial charge >= 0.3 is 0 Å². The van der Waals surface area contributed by atoms with E-state index in [0.29, 0.717) is 24.2 Å². The molecule has 0 aliphatic carbocycles. The third-order valence-corrected chi connectivity index (χ3v) is 3.52. The lowest BCUT2D eigenvalue weighted by molar-refractivity contribution is -0.143. The van der Waals surface area contributed by atoms with E-state index in [1.165, 1.54) is 4.90 Å². The molecule has 3 rings (SSSR count). The molecule has 1 amide bonds. The van der Waals surface area contributed by atoms with E-state index < -0.39 is 5.60 Å². The van der Waals surface area contributed by atoms with Crippen LogP contribution < -0.4 is 0 Å². The number of nitrogens with zero attached hydrogens (tertiary/aromatic N) is 3. The Morgan fingerprint density at radius 1 is 1.42 bits per heavy atom. The summed E-state index contributed by atoms with van der Waals surface area (Å²) in [5.74, 6) is -0.269. The van der Waals surface area contributed by atoms with Gasteiger partial charge in [0.1, 0.15) is 0 Å². The van der Waals surface area contributed by atoms with E-state index >= 15 is 0 Å². The average molecular weight is 258 g/mol. The van der Waals surface area contributed by atoms with Crippen LogP contribution in [0.3, 0.4) is 0 Å². The molecule has 1 unspecified atom stereocenters. The number of pyridine rings is 1. The fraction of sp³-hybridized carbons (Fsp3) is 0.308. The molecule has 6 nitrogen and oxygen atoms in total. The van der Waals surface area contributed by atoms with E-state index in [0.717, 1.165) is 5.69 Å². The summed E-state index contributed by atoms with van der Waals surface area (Å²) in [7, 11) is 1.69. The molecule has 0 saturated carbocycles. The Labute approximate surface area is 110 Å². The molecule has 1 saturated heterocycles. The Morgan fingerprint density at radius 3 is 2.89 bits per heavy atom. The maximum Gasteiger partial charge on any atom is 0.258 e. The number of aliphatic hydroxyl groups is 1. The van der Waals surface area contributed by atoms with Crippen LogP contribution in [0.4, 0.5) is 0 Å². The van der Waals surface area contributed by atoms with Gasteiger partial charge in [0, 0.05) is 32.4 Å². The molecule has 98 valence electrons. The van der Waals surface area contributed by atoms with Gasteiger partial charge in [0.2, 0.25) is 0 Å². The Bertz CT molecular complexity index is 611. The first-order valence-corrected chi connectivity index (χ1v) is 6.05. The van der Waals surface area contributed by atoms with Crippen molar-refractivity contribution in [1.29, 1.82) is 0 Å². The molecule has 2 aromatic rings. The van der Waals surface area contributed by atoms with Gasteiger partial charge in [0.25, 0.3) is 5.91 Å². The van der Waals surface area contributed by atoms with Crippen molar-refractivity contribution in [2.45, 2.75) is 12.0 Å². The third-order valence-electron chi connectivity index (χ3n) is 3.52. The van der Waals surface area contributed by atoms with Gasteiger partial charge in [-0.3, -0.25) is 14.9 Å². The quantitative estimate of drug-likeness (QED) is 0.822. The van der Waals surface area contributed by atoms with Gasteiger partial charge in [0.15, 0.2) is 5.60 Å². The normalized spacial score (nSPS) is 23.1. The number of aromatic nitrogens is 3. The van der Waals surface area contributed by atoms with Gasteiger partial charge in [-0.25, -0.2) is 0 Å². The van der Waals surface area contributed by atoms with Crippen molar-refractivity contribution >= 4 is 5.91 Å². The molecule has 1 atom stereocenters. The maximum atomic E-state index is 12.1. The minimum absolute atomic E-state index is 0.269. The van der Waals surface area contributed by atoms with Crippen LogP contribution in [0.25, 0.3) is 11.4 Å². The van der Waals surface area contributed by atoms with E-state index in [-0.39, 0.29) is 5.91 Å². The summed E-state index contributed by atoms with van der Waals surface area (Å²) in [6.45, 7) is 0.553. The Hall–Kier alpha value is -2.21. The summed E-state index contributed by atoms with van der Waals surface area (Å²) >= 11 is 0. The van der Waals surface area contributed by atoms with Gasteiger partial charge in [-0.15, -0.1) is 0 Å². The fourth-order valence-corrected chi connectivity index (χ4v) is 2.36. The number of carbonyl (C=O) groups excluding carboxylic acids is 1.